The van der Waals surface area contributed by atoms with E-state index in [9.17, 15) is 19.2 Å². The summed E-state index contributed by atoms with van der Waals surface area (Å²) < 4.78 is 12.6. The average Bonchev–Trinajstić information content (AvgIpc) is 3.88. The lowest BCUT2D eigenvalue weighted by Gasteiger charge is -2.57. The summed E-state index contributed by atoms with van der Waals surface area (Å²) in [6.45, 7) is 5.79. The summed E-state index contributed by atoms with van der Waals surface area (Å²) in [5.41, 5.74) is 9.66. The summed E-state index contributed by atoms with van der Waals surface area (Å²) in [5, 5.41) is 6.40. The van der Waals surface area contributed by atoms with Gasteiger partial charge in [-0.05, 0) is 118 Å². The number of hydrogen-bond donors (Lipinski definition) is 3. The van der Waals surface area contributed by atoms with Gasteiger partial charge in [0.05, 0.1) is 16.8 Å². The van der Waals surface area contributed by atoms with Gasteiger partial charge in [0.15, 0.2) is 0 Å². The minimum absolute atomic E-state index is 0.0441. The van der Waals surface area contributed by atoms with Gasteiger partial charge in [-0.2, -0.15) is 0 Å². The van der Waals surface area contributed by atoms with Gasteiger partial charge in [0.2, 0.25) is 0 Å². The Bertz CT molecular complexity index is 1790. The summed E-state index contributed by atoms with van der Waals surface area (Å²) in [6.07, 6.45) is 20.2. The Hall–Kier alpha value is -4.18. The van der Waals surface area contributed by atoms with Crippen molar-refractivity contribution < 1.29 is 28.7 Å². The fraction of sp³-hybridized carbons (Fsp3) is 0.561. The smallest absolute Gasteiger partial charge is 0.340 e. The largest absolute Gasteiger partial charge is 0.427 e. The van der Waals surface area contributed by atoms with Gasteiger partial charge in [0.1, 0.15) is 11.5 Å². The molecular weight excluding hydrogens is 644 g/mol. The molecule has 6 unspecified atom stereocenters. The zero-order valence-corrected chi connectivity index (χ0v) is 30.0. The molecule has 4 N–H and O–H groups in total. The highest BCUT2D eigenvalue weighted by Crippen LogP contribution is 2.71. The van der Waals surface area contributed by atoms with E-state index in [2.05, 4.69) is 36.6 Å². The first-order valence-electron chi connectivity index (χ1n) is 19.1. The Morgan fingerprint density at radius 3 is 2.55 bits per heavy atom. The number of amides is 2. The average molecular weight is 695 g/mol. The summed E-state index contributed by atoms with van der Waals surface area (Å²) in [6, 6.07) is 0. The monoisotopic (exact) mass is 694 g/mol. The molecule has 0 aromatic rings. The topological polar surface area (TPSA) is 140 Å². The van der Waals surface area contributed by atoms with Crippen LogP contribution in [0, 0.1) is 40.4 Å². The number of esters is 2. The molecule has 1 spiro atoms. The zero-order valence-electron chi connectivity index (χ0n) is 30.0. The molecule has 4 aliphatic heterocycles. The van der Waals surface area contributed by atoms with Crippen molar-refractivity contribution >= 4 is 23.8 Å². The molecule has 0 radical (unpaired) electrons. The van der Waals surface area contributed by atoms with Crippen LogP contribution in [0.25, 0.3) is 0 Å². The molecular formula is C41H50N4O6. The van der Waals surface area contributed by atoms with Crippen LogP contribution in [0.5, 0.6) is 0 Å². The Labute approximate surface area is 300 Å². The van der Waals surface area contributed by atoms with E-state index >= 15 is 0 Å². The minimum atomic E-state index is -0.852. The van der Waals surface area contributed by atoms with Crippen molar-refractivity contribution in [1.29, 1.82) is 0 Å². The maximum atomic E-state index is 14.5. The van der Waals surface area contributed by atoms with Crippen molar-refractivity contribution in [3.05, 3.63) is 81.7 Å². The third-order valence-electron chi connectivity index (χ3n) is 13.4. The lowest BCUT2D eigenvalue weighted by Crippen LogP contribution is -2.54. The van der Waals surface area contributed by atoms with Crippen LogP contribution in [0.1, 0.15) is 78.1 Å². The number of allylic oxidation sites excluding steroid dienone is 5. The predicted molar refractivity (Wildman–Crippen MR) is 190 cm³/mol. The summed E-state index contributed by atoms with van der Waals surface area (Å²) in [7, 11) is 1.93. The highest BCUT2D eigenvalue weighted by molar-refractivity contribution is 6.13. The summed E-state index contributed by atoms with van der Waals surface area (Å²) >= 11 is 0. The maximum absolute atomic E-state index is 14.5. The van der Waals surface area contributed by atoms with Gasteiger partial charge in [0, 0.05) is 48.2 Å². The standard InChI is InChI=1S/C41H50N4O6/c1-4-40(15-5-6-16-40)20-29-27-9-8-26-25-13-17-41(36(26)35(27)38(48)50-29)30(10-7-23(2)21-43-3)51-39(49)37(41)34(25)28(24-14-18-44-31(42)19-24)22-45-32(46)11-12-33(45)47/h10-12,14,19-20,23,25-26,28,36,43-44H,4-9,13,15-18,21-22,42H2,1-3H3. The lowest BCUT2D eigenvalue weighted by molar-refractivity contribution is -0.138. The first-order valence-corrected chi connectivity index (χ1v) is 19.1. The number of dihydropyridines is 1. The molecule has 10 nitrogen and oxygen atoms in total. The molecule has 2 saturated carbocycles. The second-order valence-electron chi connectivity index (χ2n) is 16.1. The first-order chi connectivity index (χ1) is 24.6. The number of carbonyl (C=O) groups is 4. The number of imide groups is 1. The molecule has 5 aliphatic carbocycles. The van der Waals surface area contributed by atoms with Crippen LogP contribution < -0.4 is 16.4 Å². The Balaban J connectivity index is 1.32. The molecule has 10 heteroatoms. The zero-order chi connectivity index (χ0) is 35.7. The van der Waals surface area contributed by atoms with E-state index in [4.69, 9.17) is 15.2 Å². The quantitative estimate of drug-likeness (QED) is 0.213. The molecule has 2 amide bonds. The van der Waals surface area contributed by atoms with Crippen LogP contribution in [0.15, 0.2) is 81.7 Å². The van der Waals surface area contributed by atoms with Crippen molar-refractivity contribution in [1.82, 2.24) is 15.5 Å². The van der Waals surface area contributed by atoms with Gasteiger partial charge in [-0.3, -0.25) is 14.5 Å². The van der Waals surface area contributed by atoms with Crippen LogP contribution in [-0.4, -0.2) is 55.3 Å². The first kappa shape index (κ1) is 33.9. The second kappa shape index (κ2) is 12.8. The normalized spacial score (nSPS) is 33.3. The fourth-order valence-corrected chi connectivity index (χ4v) is 11.1. The predicted octanol–water partition coefficient (Wildman–Crippen LogP) is 4.98. The van der Waals surface area contributed by atoms with Crippen LogP contribution in [0.4, 0.5) is 0 Å². The number of rotatable bonds is 10. The van der Waals surface area contributed by atoms with Crippen molar-refractivity contribution in [2.24, 2.45) is 46.2 Å². The van der Waals surface area contributed by atoms with E-state index in [1.165, 1.54) is 29.9 Å². The molecule has 1 saturated heterocycles. The van der Waals surface area contributed by atoms with E-state index in [1.54, 1.807) is 0 Å². The summed E-state index contributed by atoms with van der Waals surface area (Å²) in [4.78, 5) is 56.0. The number of nitrogens with one attached hydrogen (secondary N) is 2. The van der Waals surface area contributed by atoms with Gasteiger partial charge < -0.3 is 25.8 Å². The number of nitrogens with zero attached hydrogens (tertiary/aromatic N) is 1. The van der Waals surface area contributed by atoms with Gasteiger partial charge >= 0.3 is 11.9 Å². The fourth-order valence-electron chi connectivity index (χ4n) is 11.1. The highest BCUT2D eigenvalue weighted by atomic mass is 16.5. The number of ether oxygens (including phenoxy) is 2. The molecule has 6 atom stereocenters. The van der Waals surface area contributed by atoms with E-state index in [1.807, 2.05) is 19.2 Å². The Morgan fingerprint density at radius 1 is 1.08 bits per heavy atom. The molecule has 2 bridgehead atoms. The van der Waals surface area contributed by atoms with Crippen molar-refractivity contribution in [2.75, 3.05) is 26.7 Å². The molecule has 3 fully saturated rings. The molecule has 51 heavy (non-hydrogen) atoms. The molecule has 0 aromatic heterocycles. The van der Waals surface area contributed by atoms with Crippen LogP contribution in [0.3, 0.4) is 0 Å². The van der Waals surface area contributed by atoms with Crippen molar-refractivity contribution in [3.63, 3.8) is 0 Å². The third-order valence-corrected chi connectivity index (χ3v) is 13.4. The molecule has 9 aliphatic rings. The van der Waals surface area contributed by atoms with E-state index in [0.29, 0.717) is 42.5 Å². The van der Waals surface area contributed by atoms with Crippen LogP contribution in [0.2, 0.25) is 0 Å². The van der Waals surface area contributed by atoms with Gasteiger partial charge in [-0.15, -0.1) is 0 Å². The number of cyclic esters (lactones) is 2. The SMILES string of the molecule is CCC1(C=C2OC(=O)C3=C2CCC2C4CCC5(C(=CCC(C)CNC)OC(=O)C5=C4C(CN4C(=O)C=CC4=O)C4=CCNC(N)=C4)C32)CCCC1. The van der Waals surface area contributed by atoms with Gasteiger partial charge in [0.25, 0.3) is 11.8 Å². The van der Waals surface area contributed by atoms with Crippen LogP contribution in [-0.2, 0) is 28.7 Å². The number of nitrogens with two attached hydrogens (primary N) is 1. The lowest BCUT2D eigenvalue weighted by atomic mass is 9.43. The third kappa shape index (κ3) is 5.30. The van der Waals surface area contributed by atoms with Crippen molar-refractivity contribution in [2.45, 2.75) is 78.1 Å². The Morgan fingerprint density at radius 2 is 1.84 bits per heavy atom. The van der Waals surface area contributed by atoms with Gasteiger partial charge in [-0.25, -0.2) is 9.59 Å². The number of carbonyl (C=O) groups excluding carboxylic acids is 4. The number of fused-ring (bicyclic) bond motifs is 1. The van der Waals surface area contributed by atoms with E-state index < -0.39 is 11.3 Å². The Kier molecular flexibility index (Phi) is 8.51. The van der Waals surface area contributed by atoms with E-state index in [0.717, 1.165) is 73.1 Å². The summed E-state index contributed by atoms with van der Waals surface area (Å²) in [5.74, 6) is 0.0369. The number of hydrogen-bond acceptors (Lipinski definition) is 9. The minimum Gasteiger partial charge on any atom is -0.427 e. The molecule has 4 heterocycles. The maximum Gasteiger partial charge on any atom is 0.340 e. The molecule has 9 rings (SSSR count). The molecule has 270 valence electrons. The highest BCUT2D eigenvalue weighted by Gasteiger charge is 2.69. The van der Waals surface area contributed by atoms with Gasteiger partial charge in [-0.1, -0.05) is 32.8 Å². The van der Waals surface area contributed by atoms with Crippen LogP contribution >= 0.6 is 0 Å². The second-order valence-corrected chi connectivity index (χ2v) is 16.1. The van der Waals surface area contributed by atoms with E-state index in [-0.39, 0.29) is 53.5 Å². The molecule has 0 aromatic carbocycles. The van der Waals surface area contributed by atoms with Crippen molar-refractivity contribution in [3.8, 4) is 0 Å².